The lowest BCUT2D eigenvalue weighted by Gasteiger charge is -2.48. The minimum atomic E-state index is 0.0126. The largest absolute Gasteiger partial charge is 0.342 e. The molecule has 1 heterocycles. The van der Waals surface area contributed by atoms with Crippen LogP contribution < -0.4 is 5.73 Å². The maximum atomic E-state index is 13.0. The number of piperidine rings is 1. The fraction of sp³-hybridized carbons (Fsp3) is 0.941. The van der Waals surface area contributed by atoms with E-state index in [4.69, 9.17) is 5.73 Å². The van der Waals surface area contributed by atoms with Gasteiger partial charge in [-0.2, -0.15) is 0 Å². The molecule has 0 aromatic rings. The van der Waals surface area contributed by atoms with E-state index in [-0.39, 0.29) is 17.4 Å². The van der Waals surface area contributed by atoms with Gasteiger partial charge in [-0.15, -0.1) is 0 Å². The van der Waals surface area contributed by atoms with Crippen LogP contribution in [-0.2, 0) is 4.79 Å². The molecule has 2 N–H and O–H groups in total. The van der Waals surface area contributed by atoms with Crippen molar-refractivity contribution in [3.63, 3.8) is 0 Å². The number of hydrogen-bond acceptors (Lipinski definition) is 2. The predicted octanol–water partition coefficient (Wildman–Crippen LogP) is 2.89. The molecule has 20 heavy (non-hydrogen) atoms. The summed E-state index contributed by atoms with van der Waals surface area (Å²) in [7, 11) is 0. The van der Waals surface area contributed by atoms with Gasteiger partial charge in [0.15, 0.2) is 0 Å². The van der Waals surface area contributed by atoms with Crippen molar-refractivity contribution in [3.8, 4) is 0 Å². The standard InChI is InChI=1S/C17H32N2O/c1-11-8-12(2)10-19(9-11)16(20)14-6-7-15(18)13(3)17(14,4)5/h11-15H,6-10,18H2,1-5H3. The second kappa shape index (κ2) is 5.67. The van der Waals surface area contributed by atoms with Crippen molar-refractivity contribution in [1.29, 1.82) is 0 Å². The van der Waals surface area contributed by atoms with Crippen LogP contribution in [0.15, 0.2) is 0 Å². The van der Waals surface area contributed by atoms with Crippen LogP contribution in [0.5, 0.6) is 0 Å². The molecule has 1 saturated heterocycles. The Morgan fingerprint density at radius 2 is 1.65 bits per heavy atom. The van der Waals surface area contributed by atoms with Crippen molar-refractivity contribution < 1.29 is 4.79 Å². The molecule has 1 aliphatic heterocycles. The molecule has 3 nitrogen and oxygen atoms in total. The van der Waals surface area contributed by atoms with Gasteiger partial charge in [0.2, 0.25) is 5.91 Å². The Kier molecular flexibility index (Phi) is 4.48. The second-order valence-electron chi connectivity index (χ2n) is 8.09. The predicted molar refractivity (Wildman–Crippen MR) is 83.2 cm³/mol. The first-order valence-corrected chi connectivity index (χ1v) is 8.27. The van der Waals surface area contributed by atoms with Gasteiger partial charge in [0.05, 0.1) is 0 Å². The lowest BCUT2D eigenvalue weighted by atomic mass is 9.60. The average molecular weight is 280 g/mol. The van der Waals surface area contributed by atoms with Gasteiger partial charge in [-0.3, -0.25) is 4.79 Å². The Hall–Kier alpha value is -0.570. The van der Waals surface area contributed by atoms with Crippen LogP contribution in [0, 0.1) is 29.1 Å². The third kappa shape index (κ3) is 2.88. The first kappa shape index (κ1) is 15.8. The van der Waals surface area contributed by atoms with Crippen LogP contribution >= 0.6 is 0 Å². The van der Waals surface area contributed by atoms with E-state index in [1.54, 1.807) is 0 Å². The topological polar surface area (TPSA) is 46.3 Å². The molecule has 0 spiro atoms. The van der Waals surface area contributed by atoms with Gasteiger partial charge in [0, 0.05) is 25.0 Å². The highest BCUT2D eigenvalue weighted by molar-refractivity contribution is 5.80. The lowest BCUT2D eigenvalue weighted by Crippen LogP contribution is -2.54. The SMILES string of the molecule is CC1CC(C)CN(C(=O)C2CCC(N)C(C)C2(C)C)C1. The number of nitrogens with two attached hydrogens (primary N) is 1. The molecule has 5 atom stereocenters. The van der Waals surface area contributed by atoms with E-state index in [1.165, 1.54) is 6.42 Å². The number of carbonyl (C=O) groups excluding carboxylic acids is 1. The maximum Gasteiger partial charge on any atom is 0.226 e. The molecule has 1 amide bonds. The normalized spacial score (nSPS) is 41.5. The summed E-state index contributed by atoms with van der Waals surface area (Å²) in [6.45, 7) is 13.1. The third-order valence-corrected chi connectivity index (χ3v) is 5.98. The maximum absolute atomic E-state index is 13.0. The average Bonchev–Trinajstić information content (AvgIpc) is 2.34. The molecule has 0 aromatic heterocycles. The van der Waals surface area contributed by atoms with Gasteiger partial charge >= 0.3 is 0 Å². The summed E-state index contributed by atoms with van der Waals surface area (Å²) in [5.41, 5.74) is 6.23. The second-order valence-corrected chi connectivity index (χ2v) is 8.09. The molecule has 3 heteroatoms. The Bertz CT molecular complexity index is 356. The Morgan fingerprint density at radius 3 is 2.20 bits per heavy atom. The number of hydrogen-bond donors (Lipinski definition) is 1. The fourth-order valence-corrected chi connectivity index (χ4v) is 4.36. The van der Waals surface area contributed by atoms with Gasteiger partial charge in [0.1, 0.15) is 0 Å². The van der Waals surface area contributed by atoms with E-state index >= 15 is 0 Å². The molecular weight excluding hydrogens is 248 g/mol. The van der Waals surface area contributed by atoms with Gasteiger partial charge in [-0.25, -0.2) is 0 Å². The van der Waals surface area contributed by atoms with E-state index in [9.17, 15) is 4.79 Å². The van der Waals surface area contributed by atoms with Gasteiger partial charge in [-0.1, -0.05) is 34.6 Å². The van der Waals surface area contributed by atoms with Gasteiger partial charge in [-0.05, 0) is 42.4 Å². The summed E-state index contributed by atoms with van der Waals surface area (Å²) in [5, 5.41) is 0. The quantitative estimate of drug-likeness (QED) is 0.803. The zero-order chi connectivity index (χ0) is 15.1. The monoisotopic (exact) mass is 280 g/mol. The summed E-state index contributed by atoms with van der Waals surface area (Å²) >= 11 is 0. The van der Waals surface area contributed by atoms with Crippen LogP contribution in [0.25, 0.3) is 0 Å². The van der Waals surface area contributed by atoms with Gasteiger partial charge < -0.3 is 10.6 Å². The smallest absolute Gasteiger partial charge is 0.226 e. The summed E-state index contributed by atoms with van der Waals surface area (Å²) < 4.78 is 0. The highest BCUT2D eigenvalue weighted by Crippen LogP contribution is 2.45. The molecule has 5 unspecified atom stereocenters. The number of amides is 1. The van der Waals surface area contributed by atoms with E-state index < -0.39 is 0 Å². The zero-order valence-corrected chi connectivity index (χ0v) is 13.9. The number of nitrogens with zero attached hydrogens (tertiary/aromatic N) is 1. The summed E-state index contributed by atoms with van der Waals surface area (Å²) in [5.74, 6) is 2.20. The van der Waals surface area contributed by atoms with E-state index in [0.29, 0.717) is 23.7 Å². The van der Waals surface area contributed by atoms with Crippen LogP contribution in [0.3, 0.4) is 0 Å². The summed E-state index contributed by atoms with van der Waals surface area (Å²) in [4.78, 5) is 15.1. The molecule has 1 saturated carbocycles. The molecule has 2 rings (SSSR count). The molecule has 0 radical (unpaired) electrons. The van der Waals surface area contributed by atoms with E-state index in [1.807, 2.05) is 0 Å². The minimum Gasteiger partial charge on any atom is -0.342 e. The van der Waals surface area contributed by atoms with E-state index in [0.717, 1.165) is 25.9 Å². The Labute approximate surface area is 124 Å². The highest BCUT2D eigenvalue weighted by Gasteiger charge is 2.46. The number of carbonyl (C=O) groups is 1. The fourth-order valence-electron chi connectivity index (χ4n) is 4.36. The minimum absolute atomic E-state index is 0.0126. The number of rotatable bonds is 1. The summed E-state index contributed by atoms with van der Waals surface area (Å²) in [6, 6.07) is 0.244. The molecule has 0 aromatic carbocycles. The Morgan fingerprint density at radius 1 is 1.10 bits per heavy atom. The van der Waals surface area contributed by atoms with Crippen molar-refractivity contribution in [1.82, 2.24) is 4.90 Å². The van der Waals surface area contributed by atoms with Crippen molar-refractivity contribution in [3.05, 3.63) is 0 Å². The van der Waals surface area contributed by atoms with Crippen LogP contribution in [0.4, 0.5) is 0 Å². The molecule has 0 bridgehead atoms. The molecular formula is C17H32N2O. The van der Waals surface area contributed by atoms with Crippen molar-refractivity contribution >= 4 is 5.91 Å². The summed E-state index contributed by atoms with van der Waals surface area (Å²) in [6.07, 6.45) is 3.19. The van der Waals surface area contributed by atoms with Crippen LogP contribution in [-0.4, -0.2) is 29.9 Å². The van der Waals surface area contributed by atoms with Crippen molar-refractivity contribution in [2.75, 3.05) is 13.1 Å². The first-order valence-electron chi connectivity index (χ1n) is 8.27. The molecule has 1 aliphatic carbocycles. The zero-order valence-electron chi connectivity index (χ0n) is 13.9. The molecule has 116 valence electrons. The van der Waals surface area contributed by atoms with Crippen molar-refractivity contribution in [2.24, 2.45) is 34.8 Å². The lowest BCUT2D eigenvalue weighted by molar-refractivity contribution is -0.146. The van der Waals surface area contributed by atoms with Crippen molar-refractivity contribution in [2.45, 2.75) is 59.9 Å². The van der Waals surface area contributed by atoms with Gasteiger partial charge in [0.25, 0.3) is 0 Å². The molecule has 2 aliphatic rings. The molecule has 2 fully saturated rings. The first-order chi connectivity index (χ1) is 9.23. The van der Waals surface area contributed by atoms with Crippen LogP contribution in [0.1, 0.15) is 53.9 Å². The highest BCUT2D eigenvalue weighted by atomic mass is 16.2. The number of likely N-dealkylation sites (tertiary alicyclic amines) is 1. The Balaban J connectivity index is 2.12. The van der Waals surface area contributed by atoms with Crippen LogP contribution in [0.2, 0.25) is 0 Å². The third-order valence-electron chi connectivity index (χ3n) is 5.98. The van der Waals surface area contributed by atoms with E-state index in [2.05, 4.69) is 39.5 Å².